The molecule has 2 aromatic rings. The third-order valence-corrected chi connectivity index (χ3v) is 3.36. The highest BCUT2D eigenvalue weighted by Crippen LogP contribution is 2.12. The molecule has 3 heteroatoms. The molecule has 2 rings (SSSR count). The van der Waals surface area contributed by atoms with Crippen LogP contribution in [0.5, 0.6) is 5.75 Å². The molecule has 21 heavy (non-hydrogen) atoms. The van der Waals surface area contributed by atoms with Crippen LogP contribution in [0, 0.1) is 6.92 Å². The molecular weight excluding hydrogens is 262 g/mol. The van der Waals surface area contributed by atoms with Gasteiger partial charge in [0.15, 0.2) is 0 Å². The van der Waals surface area contributed by atoms with Crippen molar-refractivity contribution in [3.05, 3.63) is 65.7 Å². The fraction of sp³-hybridized carbons (Fsp3) is 0.333. The van der Waals surface area contributed by atoms with Crippen LogP contribution < -0.4 is 10.1 Å². The molecule has 2 unspecified atom stereocenters. The zero-order chi connectivity index (χ0) is 15.1. The summed E-state index contributed by atoms with van der Waals surface area (Å²) in [5.74, 6) is 0.873. The number of hydrogen-bond acceptors (Lipinski definition) is 3. The lowest BCUT2D eigenvalue weighted by Crippen LogP contribution is -2.34. The topological polar surface area (TPSA) is 41.5 Å². The monoisotopic (exact) mass is 285 g/mol. The second-order valence-corrected chi connectivity index (χ2v) is 5.36. The molecule has 0 fully saturated rings. The van der Waals surface area contributed by atoms with E-state index in [-0.39, 0.29) is 6.04 Å². The van der Waals surface area contributed by atoms with E-state index >= 15 is 0 Å². The molecule has 0 aliphatic carbocycles. The van der Waals surface area contributed by atoms with E-state index in [4.69, 9.17) is 4.74 Å². The largest absolute Gasteiger partial charge is 0.492 e. The minimum atomic E-state index is -0.493. The predicted octanol–water partition coefficient (Wildman–Crippen LogP) is 3.09. The third-order valence-electron chi connectivity index (χ3n) is 3.36. The lowest BCUT2D eigenvalue weighted by atomic mass is 10.1. The average molecular weight is 285 g/mol. The van der Waals surface area contributed by atoms with Gasteiger partial charge in [-0.15, -0.1) is 0 Å². The van der Waals surface area contributed by atoms with Gasteiger partial charge < -0.3 is 15.2 Å². The van der Waals surface area contributed by atoms with Crippen LogP contribution in [0.15, 0.2) is 54.6 Å². The first kappa shape index (κ1) is 15.5. The Morgan fingerprint density at radius 1 is 1.05 bits per heavy atom. The van der Waals surface area contributed by atoms with E-state index < -0.39 is 6.10 Å². The quantitative estimate of drug-likeness (QED) is 0.821. The minimum absolute atomic E-state index is 0.171. The summed E-state index contributed by atoms with van der Waals surface area (Å²) in [6.07, 6.45) is -0.493. The van der Waals surface area contributed by atoms with Crippen molar-refractivity contribution in [3.63, 3.8) is 0 Å². The molecular formula is C18H23NO2. The summed E-state index contributed by atoms with van der Waals surface area (Å²) < 4.78 is 5.72. The molecule has 2 N–H and O–H groups in total. The van der Waals surface area contributed by atoms with Crippen molar-refractivity contribution in [2.75, 3.05) is 13.2 Å². The molecule has 0 saturated carbocycles. The van der Waals surface area contributed by atoms with Gasteiger partial charge in [0.05, 0.1) is 6.10 Å². The van der Waals surface area contributed by atoms with E-state index in [0.717, 1.165) is 11.3 Å². The maximum absolute atomic E-state index is 10.1. The number of rotatable bonds is 7. The summed E-state index contributed by atoms with van der Waals surface area (Å²) in [6.45, 7) is 5.19. The molecule has 2 atom stereocenters. The van der Waals surface area contributed by atoms with Crippen LogP contribution in [-0.4, -0.2) is 24.3 Å². The standard InChI is InChI=1S/C18H23NO2/c1-14-8-10-17(11-9-14)21-13-15(2)19-12-18(20)16-6-4-3-5-7-16/h3-11,15,18-20H,12-13H2,1-2H3. The van der Waals surface area contributed by atoms with E-state index in [0.29, 0.717) is 13.2 Å². The van der Waals surface area contributed by atoms with Crippen LogP contribution in [-0.2, 0) is 0 Å². The van der Waals surface area contributed by atoms with Gasteiger partial charge in [-0.05, 0) is 31.5 Å². The van der Waals surface area contributed by atoms with Crippen molar-refractivity contribution >= 4 is 0 Å². The number of aliphatic hydroxyl groups is 1. The molecule has 0 amide bonds. The highest BCUT2D eigenvalue weighted by Gasteiger charge is 2.09. The summed E-state index contributed by atoms with van der Waals surface area (Å²) in [4.78, 5) is 0. The van der Waals surface area contributed by atoms with Gasteiger partial charge in [0.25, 0.3) is 0 Å². The number of nitrogens with one attached hydrogen (secondary N) is 1. The Morgan fingerprint density at radius 3 is 2.38 bits per heavy atom. The molecule has 3 nitrogen and oxygen atoms in total. The second-order valence-electron chi connectivity index (χ2n) is 5.36. The maximum Gasteiger partial charge on any atom is 0.119 e. The van der Waals surface area contributed by atoms with Crippen molar-refractivity contribution < 1.29 is 9.84 Å². The Bertz CT molecular complexity index is 525. The first-order valence-electron chi connectivity index (χ1n) is 7.31. The molecule has 0 bridgehead atoms. The molecule has 0 heterocycles. The van der Waals surface area contributed by atoms with E-state index in [1.54, 1.807) is 0 Å². The van der Waals surface area contributed by atoms with E-state index in [9.17, 15) is 5.11 Å². The van der Waals surface area contributed by atoms with E-state index in [1.165, 1.54) is 5.56 Å². The summed E-state index contributed by atoms with van der Waals surface area (Å²) in [7, 11) is 0. The van der Waals surface area contributed by atoms with Crippen LogP contribution in [0.1, 0.15) is 24.2 Å². The van der Waals surface area contributed by atoms with Gasteiger partial charge in [0.1, 0.15) is 12.4 Å². The number of hydrogen-bond donors (Lipinski definition) is 2. The summed E-state index contributed by atoms with van der Waals surface area (Å²) >= 11 is 0. The summed E-state index contributed by atoms with van der Waals surface area (Å²) in [6, 6.07) is 17.9. The molecule has 0 radical (unpaired) electrons. The van der Waals surface area contributed by atoms with Gasteiger partial charge >= 0.3 is 0 Å². The first-order chi connectivity index (χ1) is 10.1. The lowest BCUT2D eigenvalue weighted by Gasteiger charge is -2.18. The Labute approximate surface area is 126 Å². The van der Waals surface area contributed by atoms with Crippen molar-refractivity contribution in [1.29, 1.82) is 0 Å². The smallest absolute Gasteiger partial charge is 0.119 e. The van der Waals surface area contributed by atoms with E-state index in [2.05, 4.69) is 12.2 Å². The SMILES string of the molecule is Cc1ccc(OCC(C)NCC(O)c2ccccc2)cc1. The normalized spacial score (nSPS) is 13.7. The number of aliphatic hydroxyl groups excluding tert-OH is 1. The number of ether oxygens (including phenoxy) is 1. The molecule has 0 aliphatic heterocycles. The van der Waals surface area contributed by atoms with Crippen molar-refractivity contribution in [2.24, 2.45) is 0 Å². The Hall–Kier alpha value is -1.84. The molecule has 0 saturated heterocycles. The number of aryl methyl sites for hydroxylation is 1. The molecule has 0 spiro atoms. The summed E-state index contributed by atoms with van der Waals surface area (Å²) in [5.41, 5.74) is 2.15. The van der Waals surface area contributed by atoms with Gasteiger partial charge in [-0.25, -0.2) is 0 Å². The average Bonchev–Trinajstić information content (AvgIpc) is 2.53. The minimum Gasteiger partial charge on any atom is -0.492 e. The van der Waals surface area contributed by atoms with Crippen LogP contribution in [0.2, 0.25) is 0 Å². The van der Waals surface area contributed by atoms with Crippen molar-refractivity contribution in [3.8, 4) is 5.75 Å². The van der Waals surface area contributed by atoms with Crippen LogP contribution >= 0.6 is 0 Å². The molecule has 2 aromatic carbocycles. The maximum atomic E-state index is 10.1. The first-order valence-corrected chi connectivity index (χ1v) is 7.31. The molecule has 112 valence electrons. The number of benzene rings is 2. The van der Waals surface area contributed by atoms with Crippen molar-refractivity contribution in [1.82, 2.24) is 5.32 Å². The zero-order valence-electron chi connectivity index (χ0n) is 12.6. The van der Waals surface area contributed by atoms with E-state index in [1.807, 2.05) is 61.5 Å². The Kier molecular flexibility index (Phi) is 5.78. The summed E-state index contributed by atoms with van der Waals surface area (Å²) in [5, 5.41) is 13.4. The molecule has 0 aromatic heterocycles. The van der Waals surface area contributed by atoms with Crippen LogP contribution in [0.25, 0.3) is 0 Å². The van der Waals surface area contributed by atoms with Crippen LogP contribution in [0.3, 0.4) is 0 Å². The van der Waals surface area contributed by atoms with Crippen molar-refractivity contribution in [2.45, 2.75) is 26.0 Å². The second kappa shape index (κ2) is 7.81. The van der Waals surface area contributed by atoms with Gasteiger partial charge in [0.2, 0.25) is 0 Å². The fourth-order valence-corrected chi connectivity index (χ4v) is 2.02. The third kappa shape index (κ3) is 5.21. The molecule has 0 aliphatic rings. The zero-order valence-corrected chi connectivity index (χ0v) is 12.6. The Morgan fingerprint density at radius 2 is 1.71 bits per heavy atom. The van der Waals surface area contributed by atoms with Crippen LogP contribution in [0.4, 0.5) is 0 Å². The van der Waals surface area contributed by atoms with Gasteiger partial charge in [-0.3, -0.25) is 0 Å². The highest BCUT2D eigenvalue weighted by molar-refractivity contribution is 5.26. The van der Waals surface area contributed by atoms with Gasteiger partial charge in [-0.1, -0.05) is 48.0 Å². The van der Waals surface area contributed by atoms with Gasteiger partial charge in [-0.2, -0.15) is 0 Å². The Balaban J connectivity index is 1.72. The predicted molar refractivity (Wildman–Crippen MR) is 85.5 cm³/mol. The lowest BCUT2D eigenvalue weighted by molar-refractivity contribution is 0.163. The van der Waals surface area contributed by atoms with Gasteiger partial charge in [0, 0.05) is 12.6 Å². The highest BCUT2D eigenvalue weighted by atomic mass is 16.5. The fourth-order valence-electron chi connectivity index (χ4n) is 2.02.